The van der Waals surface area contributed by atoms with Gasteiger partial charge < -0.3 is 16.4 Å². The topological polar surface area (TPSA) is 75.6 Å². The van der Waals surface area contributed by atoms with Crippen LogP contribution in [0.1, 0.15) is 0 Å². The Morgan fingerprint density at radius 2 is 1.64 bits per heavy atom. The number of hydrogen-bond acceptors (Lipinski definition) is 3. The lowest BCUT2D eigenvalue weighted by Crippen LogP contribution is -2.51. The van der Waals surface area contributed by atoms with Crippen molar-refractivity contribution >= 4 is 30.8 Å². The smallest absolute Gasteiger partial charge is 0.314 e. The van der Waals surface area contributed by atoms with E-state index in [-0.39, 0.29) is 30.8 Å². The molecule has 1 saturated heterocycles. The maximum absolute atomic E-state index is 10.7. The van der Waals surface area contributed by atoms with E-state index in [4.69, 9.17) is 11.5 Å². The molecule has 0 aliphatic carbocycles. The van der Waals surface area contributed by atoms with Crippen molar-refractivity contribution in [3.8, 4) is 0 Å². The largest absolute Gasteiger partial charge is 0.351 e. The van der Waals surface area contributed by atoms with Crippen LogP contribution in [0.2, 0.25) is 0 Å². The zero-order valence-electron chi connectivity index (χ0n) is 8.02. The lowest BCUT2D eigenvalue weighted by atomic mass is 10.3. The van der Waals surface area contributed by atoms with Crippen LogP contribution in [0.3, 0.4) is 0 Å². The molecule has 0 saturated carbocycles. The summed E-state index contributed by atoms with van der Waals surface area (Å²) in [5.74, 6) is 0. The highest BCUT2D eigenvalue weighted by Gasteiger charge is 2.17. The molecule has 0 radical (unpaired) electrons. The van der Waals surface area contributed by atoms with E-state index in [1.54, 1.807) is 4.90 Å². The average Bonchev–Trinajstić information content (AvgIpc) is 2.06. The number of rotatable bonds is 2. The number of urea groups is 1. The fourth-order valence-electron chi connectivity index (χ4n) is 1.37. The number of primary amides is 1. The SMILES string of the molecule is Cl.Cl.NCCN1CCN(C(N)=O)CC1. The molecule has 5 nitrogen and oxygen atoms in total. The van der Waals surface area contributed by atoms with Crippen molar-refractivity contribution in [3.63, 3.8) is 0 Å². The number of piperazine rings is 1. The second-order valence-corrected chi connectivity index (χ2v) is 2.96. The summed E-state index contributed by atoms with van der Waals surface area (Å²) in [7, 11) is 0. The van der Waals surface area contributed by atoms with Crippen LogP contribution in [0.25, 0.3) is 0 Å². The van der Waals surface area contributed by atoms with Gasteiger partial charge in [-0.05, 0) is 0 Å². The molecule has 0 aromatic rings. The number of carbonyl (C=O) groups is 1. The Kier molecular flexibility index (Phi) is 9.39. The summed E-state index contributed by atoms with van der Waals surface area (Å²) < 4.78 is 0. The summed E-state index contributed by atoms with van der Waals surface area (Å²) in [6, 6.07) is -0.317. The summed E-state index contributed by atoms with van der Waals surface area (Å²) in [6.07, 6.45) is 0. The third kappa shape index (κ3) is 4.85. The van der Waals surface area contributed by atoms with Crippen LogP contribution in [-0.4, -0.2) is 55.1 Å². The van der Waals surface area contributed by atoms with E-state index in [0.29, 0.717) is 6.54 Å². The number of halogens is 2. The third-order valence-electron chi connectivity index (χ3n) is 2.13. The summed E-state index contributed by atoms with van der Waals surface area (Å²) >= 11 is 0. The van der Waals surface area contributed by atoms with E-state index in [9.17, 15) is 4.79 Å². The summed E-state index contributed by atoms with van der Waals surface area (Å²) in [6.45, 7) is 4.83. The Balaban J connectivity index is 0. The Bertz CT molecular complexity index is 162. The van der Waals surface area contributed by atoms with Crippen LogP contribution in [0, 0.1) is 0 Å². The summed E-state index contributed by atoms with van der Waals surface area (Å²) in [5.41, 5.74) is 10.5. The highest BCUT2D eigenvalue weighted by atomic mass is 35.5. The molecule has 4 N–H and O–H groups in total. The summed E-state index contributed by atoms with van der Waals surface area (Å²) in [4.78, 5) is 14.6. The number of nitrogens with two attached hydrogens (primary N) is 2. The molecule has 1 aliphatic rings. The Morgan fingerprint density at radius 3 is 2.00 bits per heavy atom. The van der Waals surface area contributed by atoms with Crippen molar-refractivity contribution in [2.45, 2.75) is 0 Å². The highest BCUT2D eigenvalue weighted by Crippen LogP contribution is 1.99. The molecule has 1 aliphatic heterocycles. The van der Waals surface area contributed by atoms with E-state index in [1.807, 2.05) is 0 Å². The molecule has 0 spiro atoms. The quantitative estimate of drug-likeness (QED) is 0.687. The Morgan fingerprint density at radius 1 is 1.14 bits per heavy atom. The van der Waals surface area contributed by atoms with Gasteiger partial charge in [0.05, 0.1) is 0 Å². The van der Waals surface area contributed by atoms with Gasteiger partial charge in [0.1, 0.15) is 0 Å². The van der Waals surface area contributed by atoms with E-state index < -0.39 is 0 Å². The second-order valence-electron chi connectivity index (χ2n) is 2.96. The predicted octanol–water partition coefficient (Wildman–Crippen LogP) is -0.515. The number of nitrogens with zero attached hydrogens (tertiary/aromatic N) is 2. The molecule has 0 aromatic heterocycles. The maximum Gasteiger partial charge on any atom is 0.314 e. The molecule has 14 heavy (non-hydrogen) atoms. The van der Waals surface area contributed by atoms with Gasteiger partial charge in [-0.3, -0.25) is 4.90 Å². The van der Waals surface area contributed by atoms with E-state index in [2.05, 4.69) is 4.90 Å². The number of amides is 2. The van der Waals surface area contributed by atoms with Gasteiger partial charge in [-0.15, -0.1) is 24.8 Å². The Hall–Kier alpha value is -0.230. The lowest BCUT2D eigenvalue weighted by Gasteiger charge is -2.33. The van der Waals surface area contributed by atoms with Crippen LogP contribution in [0.4, 0.5) is 4.79 Å². The molecule has 0 bridgehead atoms. The minimum absolute atomic E-state index is 0. The van der Waals surface area contributed by atoms with Gasteiger partial charge in [-0.25, -0.2) is 4.79 Å². The molecule has 1 rings (SSSR count). The molecule has 1 fully saturated rings. The first-order valence-electron chi connectivity index (χ1n) is 4.21. The molecule has 86 valence electrons. The third-order valence-corrected chi connectivity index (χ3v) is 2.13. The van der Waals surface area contributed by atoms with Gasteiger partial charge in [0.15, 0.2) is 0 Å². The lowest BCUT2D eigenvalue weighted by molar-refractivity contribution is 0.147. The molecular formula is C7H18Cl2N4O. The molecule has 0 aromatic carbocycles. The van der Waals surface area contributed by atoms with E-state index in [0.717, 1.165) is 32.7 Å². The van der Waals surface area contributed by atoms with Crippen LogP contribution in [0.15, 0.2) is 0 Å². The fourth-order valence-corrected chi connectivity index (χ4v) is 1.37. The van der Waals surface area contributed by atoms with Crippen molar-refractivity contribution in [2.24, 2.45) is 11.5 Å². The van der Waals surface area contributed by atoms with Gasteiger partial charge in [0.25, 0.3) is 0 Å². The molecule has 0 unspecified atom stereocenters. The van der Waals surface area contributed by atoms with Gasteiger partial charge >= 0.3 is 6.03 Å². The van der Waals surface area contributed by atoms with Crippen molar-refractivity contribution in [1.29, 1.82) is 0 Å². The average molecular weight is 245 g/mol. The molecule has 7 heteroatoms. The first-order chi connectivity index (χ1) is 5.74. The van der Waals surface area contributed by atoms with Crippen LogP contribution in [0.5, 0.6) is 0 Å². The summed E-state index contributed by atoms with van der Waals surface area (Å²) in [5, 5.41) is 0. The molecule has 1 heterocycles. The van der Waals surface area contributed by atoms with Crippen molar-refractivity contribution < 1.29 is 4.79 Å². The molecular weight excluding hydrogens is 227 g/mol. The van der Waals surface area contributed by atoms with Crippen molar-refractivity contribution in [1.82, 2.24) is 9.80 Å². The zero-order valence-corrected chi connectivity index (χ0v) is 9.65. The minimum atomic E-state index is -0.317. The highest BCUT2D eigenvalue weighted by molar-refractivity contribution is 5.85. The fraction of sp³-hybridized carbons (Fsp3) is 0.857. The standard InChI is InChI=1S/C7H16N4O.2ClH/c8-1-2-10-3-5-11(6-4-10)7(9)12;;/h1-6,8H2,(H2,9,12);2*1H. The number of hydrogen-bond donors (Lipinski definition) is 2. The molecule has 0 atom stereocenters. The maximum atomic E-state index is 10.7. The van der Waals surface area contributed by atoms with Gasteiger partial charge in [0.2, 0.25) is 0 Å². The second kappa shape index (κ2) is 8.11. The zero-order chi connectivity index (χ0) is 8.97. The van der Waals surface area contributed by atoms with E-state index >= 15 is 0 Å². The van der Waals surface area contributed by atoms with Gasteiger partial charge in [-0.1, -0.05) is 0 Å². The van der Waals surface area contributed by atoms with Crippen molar-refractivity contribution in [3.05, 3.63) is 0 Å². The monoisotopic (exact) mass is 244 g/mol. The molecule has 2 amide bonds. The van der Waals surface area contributed by atoms with Gasteiger partial charge in [-0.2, -0.15) is 0 Å². The Labute approximate surface area is 96.6 Å². The van der Waals surface area contributed by atoms with E-state index in [1.165, 1.54) is 0 Å². The predicted molar refractivity (Wildman–Crippen MR) is 61.1 cm³/mol. The van der Waals surface area contributed by atoms with Crippen LogP contribution in [-0.2, 0) is 0 Å². The van der Waals surface area contributed by atoms with Crippen molar-refractivity contribution in [2.75, 3.05) is 39.3 Å². The van der Waals surface area contributed by atoms with Crippen LogP contribution < -0.4 is 11.5 Å². The first kappa shape index (κ1) is 16.2. The van der Waals surface area contributed by atoms with Crippen LogP contribution >= 0.6 is 24.8 Å². The minimum Gasteiger partial charge on any atom is -0.351 e. The first-order valence-corrected chi connectivity index (χ1v) is 4.21. The normalized spacial score (nSPS) is 16.8. The number of carbonyl (C=O) groups excluding carboxylic acids is 1. The van der Waals surface area contributed by atoms with Gasteiger partial charge in [0, 0.05) is 39.3 Å².